The molecule has 2 amide bonds. The smallest absolute Gasteiger partial charge is 0.262 e. The highest BCUT2D eigenvalue weighted by Gasteiger charge is 2.18. The van der Waals surface area contributed by atoms with Gasteiger partial charge in [0.25, 0.3) is 12.3 Å². The fraction of sp³-hybridized carbons (Fsp3) is 0.333. The quantitative estimate of drug-likeness (QED) is 0.860. The molecule has 1 aromatic heterocycles. The van der Waals surface area contributed by atoms with E-state index in [-0.39, 0.29) is 12.5 Å². The molecule has 1 aliphatic carbocycles. The van der Waals surface area contributed by atoms with Crippen LogP contribution in [0.4, 0.5) is 8.78 Å². The van der Waals surface area contributed by atoms with Gasteiger partial charge in [-0.2, -0.15) is 0 Å². The molecule has 0 bridgehead atoms. The first-order valence-electron chi connectivity index (χ1n) is 5.68. The van der Waals surface area contributed by atoms with Crippen LogP contribution in [0.5, 0.6) is 0 Å². The van der Waals surface area contributed by atoms with Crippen LogP contribution in [0.2, 0.25) is 0 Å². The molecule has 0 saturated heterocycles. The molecule has 1 heterocycles. The molecule has 0 spiro atoms. The van der Waals surface area contributed by atoms with Crippen molar-refractivity contribution in [2.24, 2.45) is 0 Å². The number of allylic oxidation sites excluding steroid dienone is 1. The molecular weight excluding hydrogens is 274 g/mol. The van der Waals surface area contributed by atoms with Crippen LogP contribution in [0.25, 0.3) is 6.08 Å². The lowest BCUT2D eigenvalue weighted by Crippen LogP contribution is -2.38. The Labute approximate surface area is 112 Å². The average molecular weight is 286 g/mol. The van der Waals surface area contributed by atoms with Crippen LogP contribution >= 0.6 is 11.3 Å². The van der Waals surface area contributed by atoms with Crippen LogP contribution < -0.4 is 10.6 Å². The van der Waals surface area contributed by atoms with Crippen molar-refractivity contribution >= 4 is 29.2 Å². The zero-order chi connectivity index (χ0) is 13.8. The normalized spacial score (nSPS) is 12.6. The number of alkyl halides is 2. The van der Waals surface area contributed by atoms with Gasteiger partial charge in [-0.1, -0.05) is 12.2 Å². The third-order valence-corrected chi connectivity index (χ3v) is 3.64. The molecule has 0 saturated carbocycles. The number of hydrogen-bond donors (Lipinski definition) is 2. The zero-order valence-electron chi connectivity index (χ0n) is 9.91. The lowest BCUT2D eigenvalue weighted by Gasteiger charge is -2.06. The second kappa shape index (κ2) is 5.92. The lowest BCUT2D eigenvalue weighted by molar-refractivity contribution is -0.120. The van der Waals surface area contributed by atoms with Crippen LogP contribution in [-0.4, -0.2) is 31.3 Å². The highest BCUT2D eigenvalue weighted by molar-refractivity contribution is 7.12. The van der Waals surface area contributed by atoms with E-state index < -0.39 is 18.9 Å². The van der Waals surface area contributed by atoms with Crippen molar-refractivity contribution in [3.63, 3.8) is 0 Å². The van der Waals surface area contributed by atoms with E-state index in [9.17, 15) is 18.4 Å². The van der Waals surface area contributed by atoms with Crippen LogP contribution in [0.1, 0.15) is 20.8 Å². The summed E-state index contributed by atoms with van der Waals surface area (Å²) in [7, 11) is 0. The van der Waals surface area contributed by atoms with Crippen LogP contribution in [0.3, 0.4) is 0 Å². The number of carbonyl (C=O) groups excluding carboxylic acids is 2. The minimum absolute atomic E-state index is 0.304. The van der Waals surface area contributed by atoms with Crippen LogP contribution in [0, 0.1) is 0 Å². The summed E-state index contributed by atoms with van der Waals surface area (Å²) < 4.78 is 23.7. The zero-order valence-corrected chi connectivity index (χ0v) is 10.7. The van der Waals surface area contributed by atoms with Gasteiger partial charge in [-0.3, -0.25) is 9.59 Å². The SMILES string of the molecule is O=C(CNC(=O)c1scc2c1C=CC2)NCC(F)F. The Balaban J connectivity index is 1.84. The van der Waals surface area contributed by atoms with E-state index >= 15 is 0 Å². The maximum absolute atomic E-state index is 11.9. The van der Waals surface area contributed by atoms with E-state index in [1.165, 1.54) is 11.3 Å². The third-order valence-electron chi connectivity index (χ3n) is 2.60. The third kappa shape index (κ3) is 3.37. The largest absolute Gasteiger partial charge is 0.349 e. The molecule has 1 aromatic rings. The van der Waals surface area contributed by atoms with Gasteiger partial charge in [0.15, 0.2) is 0 Å². The highest BCUT2D eigenvalue weighted by Crippen LogP contribution is 2.28. The van der Waals surface area contributed by atoms with Gasteiger partial charge < -0.3 is 10.6 Å². The Morgan fingerprint density at radius 2 is 2.16 bits per heavy atom. The molecule has 1 aliphatic rings. The number of thiophene rings is 1. The van der Waals surface area contributed by atoms with Gasteiger partial charge in [-0.25, -0.2) is 8.78 Å². The van der Waals surface area contributed by atoms with Crippen molar-refractivity contribution in [2.75, 3.05) is 13.1 Å². The summed E-state index contributed by atoms with van der Waals surface area (Å²) in [5.41, 5.74) is 1.98. The van der Waals surface area contributed by atoms with Crippen molar-refractivity contribution in [2.45, 2.75) is 12.8 Å². The van der Waals surface area contributed by atoms with Crippen molar-refractivity contribution < 1.29 is 18.4 Å². The fourth-order valence-corrected chi connectivity index (χ4v) is 2.71. The number of nitrogens with one attached hydrogen (secondary N) is 2. The summed E-state index contributed by atoms with van der Waals surface area (Å²) >= 11 is 1.32. The number of hydrogen-bond acceptors (Lipinski definition) is 3. The molecule has 0 fully saturated rings. The van der Waals surface area contributed by atoms with Gasteiger partial charge in [0, 0.05) is 5.56 Å². The molecule has 0 unspecified atom stereocenters. The number of fused-ring (bicyclic) bond motifs is 1. The second-order valence-corrected chi connectivity index (χ2v) is 4.87. The van der Waals surface area contributed by atoms with E-state index in [1.54, 1.807) is 0 Å². The van der Waals surface area contributed by atoms with E-state index in [1.807, 2.05) is 22.8 Å². The number of rotatable bonds is 5. The number of halogens is 2. The maximum atomic E-state index is 11.9. The molecule has 19 heavy (non-hydrogen) atoms. The second-order valence-electron chi connectivity index (χ2n) is 3.99. The molecular formula is C12H12F2N2O2S. The minimum atomic E-state index is -2.59. The highest BCUT2D eigenvalue weighted by atomic mass is 32.1. The topological polar surface area (TPSA) is 58.2 Å². The molecule has 102 valence electrons. The van der Waals surface area contributed by atoms with Crippen molar-refractivity contribution in [1.82, 2.24) is 10.6 Å². The Morgan fingerprint density at radius 3 is 2.89 bits per heavy atom. The predicted molar refractivity (Wildman–Crippen MR) is 68.4 cm³/mol. The molecule has 4 nitrogen and oxygen atoms in total. The average Bonchev–Trinajstić information content (AvgIpc) is 2.95. The van der Waals surface area contributed by atoms with Gasteiger partial charge in [0.2, 0.25) is 5.91 Å². The molecule has 2 N–H and O–H groups in total. The Morgan fingerprint density at radius 1 is 1.37 bits per heavy atom. The van der Waals surface area contributed by atoms with Gasteiger partial charge in [0.05, 0.1) is 18.0 Å². The minimum Gasteiger partial charge on any atom is -0.349 e. The summed E-state index contributed by atoms with van der Waals surface area (Å²) in [6.07, 6.45) is 2.06. The molecule has 2 rings (SSSR count). The number of amides is 2. The summed E-state index contributed by atoms with van der Waals surface area (Å²) in [6, 6.07) is 0. The van der Waals surface area contributed by atoms with Gasteiger partial charge in [-0.05, 0) is 17.4 Å². The van der Waals surface area contributed by atoms with Crippen molar-refractivity contribution in [3.05, 3.63) is 27.5 Å². The van der Waals surface area contributed by atoms with Gasteiger partial charge in [-0.15, -0.1) is 11.3 Å². The first-order chi connectivity index (χ1) is 9.08. The predicted octanol–water partition coefficient (Wildman–Crippen LogP) is 1.43. The van der Waals surface area contributed by atoms with Gasteiger partial charge in [0.1, 0.15) is 0 Å². The molecule has 0 radical (unpaired) electrons. The fourth-order valence-electron chi connectivity index (χ4n) is 1.72. The van der Waals surface area contributed by atoms with E-state index in [2.05, 4.69) is 5.32 Å². The molecule has 0 aliphatic heterocycles. The van der Waals surface area contributed by atoms with E-state index in [0.29, 0.717) is 4.88 Å². The van der Waals surface area contributed by atoms with Crippen LogP contribution in [-0.2, 0) is 11.2 Å². The first kappa shape index (κ1) is 13.7. The summed E-state index contributed by atoms with van der Waals surface area (Å²) in [5, 5.41) is 6.34. The van der Waals surface area contributed by atoms with Crippen molar-refractivity contribution in [1.29, 1.82) is 0 Å². The van der Waals surface area contributed by atoms with Crippen molar-refractivity contribution in [3.8, 4) is 0 Å². The molecule has 0 atom stereocenters. The standard InChI is InChI=1S/C12H12F2N2O2S/c13-9(14)4-15-10(17)5-16-12(18)11-8-3-1-2-7(8)6-19-11/h1,3,6,9H,2,4-5H2,(H,15,17)(H,16,18). The first-order valence-corrected chi connectivity index (χ1v) is 6.56. The van der Waals surface area contributed by atoms with E-state index in [4.69, 9.17) is 0 Å². The summed E-state index contributed by atoms with van der Waals surface area (Å²) in [5.74, 6) is -0.984. The molecule has 7 heteroatoms. The summed E-state index contributed by atoms with van der Waals surface area (Å²) in [4.78, 5) is 23.6. The van der Waals surface area contributed by atoms with E-state index in [0.717, 1.165) is 17.5 Å². The summed E-state index contributed by atoms with van der Waals surface area (Å²) in [6.45, 7) is -1.01. The Bertz CT molecular complexity index is 526. The molecule has 0 aromatic carbocycles. The monoisotopic (exact) mass is 286 g/mol. The lowest BCUT2D eigenvalue weighted by atomic mass is 10.2. The Hall–Kier alpha value is -1.76. The van der Waals surface area contributed by atoms with Crippen LogP contribution in [0.15, 0.2) is 11.5 Å². The number of carbonyl (C=O) groups is 2. The maximum Gasteiger partial charge on any atom is 0.262 e. The van der Waals surface area contributed by atoms with Gasteiger partial charge >= 0.3 is 0 Å². The Kier molecular flexibility index (Phi) is 4.26.